The van der Waals surface area contributed by atoms with E-state index in [9.17, 15) is 9.18 Å². The van der Waals surface area contributed by atoms with Crippen molar-refractivity contribution in [3.05, 3.63) is 120 Å². The maximum absolute atomic E-state index is 14.2. The first-order valence-corrected chi connectivity index (χ1v) is 11.0. The minimum Gasteiger partial charge on any atom is -0.354 e. The van der Waals surface area contributed by atoms with E-state index >= 15 is 0 Å². The van der Waals surface area contributed by atoms with Crippen molar-refractivity contribution in [3.8, 4) is 0 Å². The van der Waals surface area contributed by atoms with Crippen LogP contribution in [-0.4, -0.2) is 15.7 Å². The Morgan fingerprint density at radius 2 is 1.56 bits per heavy atom. The summed E-state index contributed by atoms with van der Waals surface area (Å²) < 4.78 is 16.0. The van der Waals surface area contributed by atoms with E-state index in [1.54, 1.807) is 29.8 Å². The highest BCUT2D eigenvalue weighted by Crippen LogP contribution is 2.26. The number of nitrogens with one attached hydrogen (secondary N) is 2. The monoisotopic (exact) mass is 450 g/mol. The smallest absolute Gasteiger partial charge is 0.255 e. The van der Waals surface area contributed by atoms with Crippen LogP contribution in [0, 0.1) is 12.7 Å². The number of carbonyl (C=O) groups is 1. The van der Waals surface area contributed by atoms with Gasteiger partial charge in [0.15, 0.2) is 0 Å². The lowest BCUT2D eigenvalue weighted by Crippen LogP contribution is -2.13. The minimum atomic E-state index is -0.268. The lowest BCUT2D eigenvalue weighted by molar-refractivity contribution is 0.102. The molecule has 0 saturated carbocycles. The van der Waals surface area contributed by atoms with Crippen LogP contribution in [0.2, 0.25) is 0 Å². The molecule has 1 aromatic heterocycles. The van der Waals surface area contributed by atoms with Gasteiger partial charge in [-0.05, 0) is 61.0 Å². The zero-order valence-corrected chi connectivity index (χ0v) is 18.6. The summed E-state index contributed by atoms with van der Waals surface area (Å²) in [6, 6.07) is 29.7. The summed E-state index contributed by atoms with van der Waals surface area (Å²) in [6.07, 6.45) is 0. The number of carbonyl (C=O) groups excluding carboxylic acids is 1. The van der Waals surface area contributed by atoms with E-state index in [-0.39, 0.29) is 11.7 Å². The summed E-state index contributed by atoms with van der Waals surface area (Å²) >= 11 is 0. The molecule has 6 heteroatoms. The molecular formula is C28H23FN4O. The predicted octanol–water partition coefficient (Wildman–Crippen LogP) is 6.53. The van der Waals surface area contributed by atoms with Crippen molar-refractivity contribution in [1.82, 2.24) is 9.78 Å². The minimum absolute atomic E-state index is 0.198. The molecule has 5 rings (SSSR count). The van der Waals surface area contributed by atoms with Crippen molar-refractivity contribution >= 4 is 33.9 Å². The second kappa shape index (κ2) is 9.19. The second-order valence-corrected chi connectivity index (χ2v) is 8.06. The molecular weight excluding hydrogens is 427 g/mol. The Morgan fingerprint density at radius 3 is 2.32 bits per heavy atom. The number of fused-ring (bicyclic) bond motifs is 1. The number of amides is 1. The molecule has 168 valence electrons. The van der Waals surface area contributed by atoms with E-state index in [4.69, 9.17) is 0 Å². The summed E-state index contributed by atoms with van der Waals surface area (Å²) in [6.45, 7) is 2.29. The van der Waals surface area contributed by atoms with Crippen molar-refractivity contribution in [2.24, 2.45) is 0 Å². The molecule has 0 spiro atoms. The van der Waals surface area contributed by atoms with Crippen LogP contribution in [0.1, 0.15) is 21.6 Å². The Kier molecular flexibility index (Phi) is 5.79. The van der Waals surface area contributed by atoms with E-state index in [0.29, 0.717) is 28.9 Å². The van der Waals surface area contributed by atoms with Crippen molar-refractivity contribution in [2.45, 2.75) is 13.5 Å². The van der Waals surface area contributed by atoms with Gasteiger partial charge in [0.25, 0.3) is 5.91 Å². The highest BCUT2D eigenvalue weighted by molar-refractivity contribution is 6.06. The summed E-state index contributed by atoms with van der Waals surface area (Å²) in [5.74, 6) is -0.466. The van der Waals surface area contributed by atoms with Crippen molar-refractivity contribution < 1.29 is 9.18 Å². The second-order valence-electron chi connectivity index (χ2n) is 8.06. The third-order valence-electron chi connectivity index (χ3n) is 5.68. The number of anilines is 3. The Hall–Kier alpha value is -4.45. The number of rotatable bonds is 6. The van der Waals surface area contributed by atoms with Crippen LogP contribution >= 0.6 is 0 Å². The number of halogens is 1. The Labute approximate surface area is 196 Å². The zero-order valence-electron chi connectivity index (χ0n) is 18.6. The molecule has 1 amide bonds. The quantitative estimate of drug-likeness (QED) is 0.309. The first-order valence-electron chi connectivity index (χ1n) is 11.0. The van der Waals surface area contributed by atoms with E-state index < -0.39 is 0 Å². The van der Waals surface area contributed by atoms with Crippen molar-refractivity contribution in [3.63, 3.8) is 0 Å². The average Bonchev–Trinajstić information content (AvgIpc) is 3.17. The van der Waals surface area contributed by atoms with Crippen LogP contribution in [0.25, 0.3) is 10.9 Å². The topological polar surface area (TPSA) is 59.0 Å². The molecule has 1 heterocycles. The SMILES string of the molecule is Cc1nn(Cc2ccc(C(=O)Nc3ccccc3Nc3ccccc3)cc2)c2cccc(F)c12. The highest BCUT2D eigenvalue weighted by Gasteiger charge is 2.13. The van der Waals surface area contributed by atoms with Gasteiger partial charge in [-0.3, -0.25) is 9.48 Å². The van der Waals surface area contributed by atoms with E-state index in [0.717, 1.165) is 22.5 Å². The van der Waals surface area contributed by atoms with Gasteiger partial charge in [-0.15, -0.1) is 0 Å². The molecule has 0 radical (unpaired) electrons. The van der Waals surface area contributed by atoms with Crippen LogP contribution in [0.15, 0.2) is 97.1 Å². The molecule has 0 atom stereocenters. The normalized spacial score (nSPS) is 10.9. The number of aromatic nitrogens is 2. The lowest BCUT2D eigenvalue weighted by atomic mass is 10.1. The molecule has 4 aromatic carbocycles. The number of hydrogen-bond donors (Lipinski definition) is 2. The molecule has 0 aliphatic heterocycles. The number of nitrogens with zero attached hydrogens (tertiary/aromatic N) is 2. The van der Waals surface area contributed by atoms with Crippen LogP contribution in [-0.2, 0) is 6.54 Å². The van der Waals surface area contributed by atoms with Crippen LogP contribution in [0.5, 0.6) is 0 Å². The van der Waals surface area contributed by atoms with Gasteiger partial charge in [0.2, 0.25) is 0 Å². The molecule has 0 saturated heterocycles. The predicted molar refractivity (Wildman–Crippen MR) is 134 cm³/mol. The van der Waals surface area contributed by atoms with Gasteiger partial charge >= 0.3 is 0 Å². The molecule has 0 unspecified atom stereocenters. The molecule has 0 aliphatic carbocycles. The largest absolute Gasteiger partial charge is 0.354 e. The molecule has 0 fully saturated rings. The van der Waals surface area contributed by atoms with Crippen LogP contribution in [0.3, 0.4) is 0 Å². The van der Waals surface area contributed by atoms with Gasteiger partial charge in [0, 0.05) is 11.3 Å². The first kappa shape index (κ1) is 21.4. The highest BCUT2D eigenvalue weighted by atomic mass is 19.1. The summed E-state index contributed by atoms with van der Waals surface area (Å²) in [5.41, 5.74) is 5.37. The molecule has 0 aliphatic rings. The van der Waals surface area contributed by atoms with Crippen molar-refractivity contribution in [2.75, 3.05) is 10.6 Å². The van der Waals surface area contributed by atoms with E-state index in [2.05, 4.69) is 15.7 Å². The lowest BCUT2D eigenvalue weighted by Gasteiger charge is -2.13. The van der Waals surface area contributed by atoms with Gasteiger partial charge < -0.3 is 10.6 Å². The number of hydrogen-bond acceptors (Lipinski definition) is 3. The molecule has 5 nitrogen and oxygen atoms in total. The van der Waals surface area contributed by atoms with E-state index in [1.807, 2.05) is 72.8 Å². The fourth-order valence-electron chi connectivity index (χ4n) is 4.00. The van der Waals surface area contributed by atoms with Crippen molar-refractivity contribution in [1.29, 1.82) is 0 Å². The maximum atomic E-state index is 14.2. The first-order chi connectivity index (χ1) is 16.6. The average molecular weight is 451 g/mol. The molecule has 0 bridgehead atoms. The van der Waals surface area contributed by atoms with Gasteiger partial charge in [-0.1, -0.05) is 48.5 Å². The Bertz CT molecular complexity index is 1460. The fourth-order valence-corrected chi connectivity index (χ4v) is 4.00. The number of aryl methyl sites for hydroxylation is 1. The van der Waals surface area contributed by atoms with Gasteiger partial charge in [-0.2, -0.15) is 5.10 Å². The van der Waals surface area contributed by atoms with Gasteiger partial charge in [0.1, 0.15) is 5.82 Å². The van der Waals surface area contributed by atoms with Crippen LogP contribution < -0.4 is 10.6 Å². The summed E-state index contributed by atoms with van der Waals surface area (Å²) in [7, 11) is 0. The third kappa shape index (κ3) is 4.38. The summed E-state index contributed by atoms with van der Waals surface area (Å²) in [4.78, 5) is 12.9. The molecule has 34 heavy (non-hydrogen) atoms. The third-order valence-corrected chi connectivity index (χ3v) is 5.68. The number of para-hydroxylation sites is 3. The number of benzene rings is 4. The molecule has 2 N–H and O–H groups in total. The standard InChI is InChI=1S/C28H23FN4O/c1-19-27-23(29)10-7-13-26(27)33(32-19)18-20-14-16-21(17-15-20)28(34)31-25-12-6-5-11-24(25)30-22-8-3-2-4-9-22/h2-17,30H,18H2,1H3,(H,31,34). The molecule has 5 aromatic rings. The van der Waals surface area contributed by atoms with Crippen LogP contribution in [0.4, 0.5) is 21.5 Å². The zero-order chi connectivity index (χ0) is 23.5. The Morgan fingerprint density at radius 1 is 0.853 bits per heavy atom. The Balaban J connectivity index is 1.31. The fraction of sp³-hybridized carbons (Fsp3) is 0.0714. The van der Waals surface area contributed by atoms with Gasteiger partial charge in [0.05, 0.1) is 34.5 Å². The maximum Gasteiger partial charge on any atom is 0.255 e. The van der Waals surface area contributed by atoms with Gasteiger partial charge in [-0.25, -0.2) is 4.39 Å². The summed E-state index contributed by atoms with van der Waals surface area (Å²) in [5, 5.41) is 11.4. The van der Waals surface area contributed by atoms with E-state index in [1.165, 1.54) is 6.07 Å².